The second kappa shape index (κ2) is 4.40. The van der Waals surface area contributed by atoms with Gasteiger partial charge >= 0.3 is 12.1 Å². The molecule has 0 saturated carbocycles. The third-order valence-electron chi connectivity index (χ3n) is 1.93. The highest BCUT2D eigenvalue weighted by molar-refractivity contribution is 5.94. The smallest absolute Gasteiger partial charge is 0.423 e. The number of hydrogen-bond acceptors (Lipinski definition) is 4. The molecule has 0 N–H and O–H groups in total. The van der Waals surface area contributed by atoms with Crippen LogP contribution in [0.5, 0.6) is 0 Å². The van der Waals surface area contributed by atoms with Crippen molar-refractivity contribution in [3.63, 3.8) is 0 Å². The number of hydrogen-bond donors (Lipinski definition) is 0. The van der Waals surface area contributed by atoms with E-state index >= 15 is 0 Å². The fraction of sp³-hybridized carbons (Fsp3) is 0.222. The highest BCUT2D eigenvalue weighted by Gasteiger charge is 2.40. The first-order chi connectivity index (χ1) is 7.79. The largest absolute Gasteiger partial charge is 0.465 e. The molecule has 0 amide bonds. The van der Waals surface area contributed by atoms with Crippen molar-refractivity contribution < 1.29 is 27.6 Å². The van der Waals surface area contributed by atoms with E-state index in [0.717, 1.165) is 19.2 Å². The summed E-state index contributed by atoms with van der Waals surface area (Å²) in [5.41, 5.74) is -3.51. The van der Waals surface area contributed by atoms with Gasteiger partial charge in [0.2, 0.25) is 0 Å². The highest BCUT2D eigenvalue weighted by Crippen LogP contribution is 2.37. The lowest BCUT2D eigenvalue weighted by Crippen LogP contribution is -2.13. The first kappa shape index (κ1) is 12.9. The summed E-state index contributed by atoms with van der Waals surface area (Å²) in [4.78, 5) is 20.5. The number of esters is 1. The number of carbonyl (C=O) groups excluding carboxylic acids is 1. The molecule has 0 aliphatic carbocycles. The Kier molecular flexibility index (Phi) is 3.35. The summed E-state index contributed by atoms with van der Waals surface area (Å²) >= 11 is 0. The fourth-order valence-corrected chi connectivity index (χ4v) is 1.24. The quantitative estimate of drug-likeness (QED) is 0.458. The number of rotatable bonds is 2. The molecule has 0 unspecified atom stereocenters. The Balaban J connectivity index is 3.54. The van der Waals surface area contributed by atoms with Gasteiger partial charge in [-0.25, -0.2) is 4.79 Å². The number of carbonyl (C=O) groups is 1. The van der Waals surface area contributed by atoms with Crippen LogP contribution in [0.2, 0.25) is 0 Å². The number of nitro groups is 1. The Morgan fingerprint density at radius 1 is 1.41 bits per heavy atom. The molecule has 0 aliphatic rings. The molecule has 0 spiro atoms. The van der Waals surface area contributed by atoms with Crippen LogP contribution in [0.1, 0.15) is 15.9 Å². The van der Waals surface area contributed by atoms with Gasteiger partial charge < -0.3 is 4.74 Å². The van der Waals surface area contributed by atoms with Gasteiger partial charge in [-0.05, 0) is 12.1 Å². The van der Waals surface area contributed by atoms with E-state index in [1.807, 2.05) is 0 Å². The zero-order valence-electron chi connectivity index (χ0n) is 8.45. The van der Waals surface area contributed by atoms with Crippen molar-refractivity contribution in [2.45, 2.75) is 6.18 Å². The maximum Gasteiger partial charge on any atom is 0.423 e. The van der Waals surface area contributed by atoms with E-state index in [9.17, 15) is 28.1 Å². The fourth-order valence-electron chi connectivity index (χ4n) is 1.24. The van der Waals surface area contributed by atoms with Gasteiger partial charge in [0, 0.05) is 0 Å². The van der Waals surface area contributed by atoms with Gasteiger partial charge in [-0.15, -0.1) is 0 Å². The molecular formula is C9H6F3NO4. The maximum atomic E-state index is 12.5. The third kappa shape index (κ3) is 2.52. The predicted octanol–water partition coefficient (Wildman–Crippen LogP) is 2.40. The summed E-state index contributed by atoms with van der Waals surface area (Å²) in [6, 6.07) is 2.34. The van der Waals surface area contributed by atoms with Crippen LogP contribution < -0.4 is 0 Å². The van der Waals surface area contributed by atoms with Crippen LogP contribution in [0.4, 0.5) is 18.9 Å². The zero-order valence-corrected chi connectivity index (χ0v) is 8.45. The summed E-state index contributed by atoms with van der Waals surface area (Å²) in [5, 5.41) is 10.6. The lowest BCUT2D eigenvalue weighted by Gasteiger charge is -2.09. The molecule has 0 heterocycles. The number of alkyl halides is 3. The first-order valence-electron chi connectivity index (χ1n) is 4.22. The van der Waals surface area contributed by atoms with Crippen LogP contribution in [-0.4, -0.2) is 18.0 Å². The minimum Gasteiger partial charge on any atom is -0.465 e. The predicted molar refractivity (Wildman–Crippen MR) is 49.4 cm³/mol. The molecule has 92 valence electrons. The average Bonchev–Trinajstić information content (AvgIpc) is 2.25. The van der Waals surface area contributed by atoms with E-state index in [-0.39, 0.29) is 0 Å². The van der Waals surface area contributed by atoms with E-state index in [2.05, 4.69) is 4.74 Å². The van der Waals surface area contributed by atoms with E-state index in [1.54, 1.807) is 0 Å². The van der Waals surface area contributed by atoms with Gasteiger partial charge in [-0.2, -0.15) is 13.2 Å². The first-order valence-corrected chi connectivity index (χ1v) is 4.22. The van der Waals surface area contributed by atoms with Crippen LogP contribution in [-0.2, 0) is 10.9 Å². The van der Waals surface area contributed by atoms with E-state index in [0.29, 0.717) is 6.07 Å². The van der Waals surface area contributed by atoms with E-state index in [1.165, 1.54) is 0 Å². The number of ether oxygens (including phenoxy) is 1. The lowest BCUT2D eigenvalue weighted by molar-refractivity contribution is -0.388. The van der Waals surface area contributed by atoms with Gasteiger partial charge in [-0.3, -0.25) is 10.1 Å². The van der Waals surface area contributed by atoms with Crippen molar-refractivity contribution in [3.05, 3.63) is 39.4 Å². The van der Waals surface area contributed by atoms with E-state index < -0.39 is 33.9 Å². The standard InChI is InChI=1S/C9H6F3NO4/c1-17-8(14)5-3-2-4-6(9(10,11)12)7(5)13(15)16/h2-4H,1H3. The molecule has 1 rings (SSSR count). The highest BCUT2D eigenvalue weighted by atomic mass is 19.4. The third-order valence-corrected chi connectivity index (χ3v) is 1.93. The number of methoxy groups -OCH3 is 1. The Labute approximate surface area is 93.0 Å². The number of halogens is 3. The molecule has 17 heavy (non-hydrogen) atoms. The second-order valence-corrected chi connectivity index (χ2v) is 2.95. The summed E-state index contributed by atoms with van der Waals surface area (Å²) in [7, 11) is 0.923. The van der Waals surface area contributed by atoms with Crippen LogP contribution in [0.3, 0.4) is 0 Å². The minimum absolute atomic E-state index is 0.532. The number of nitrogens with zero attached hydrogens (tertiary/aromatic N) is 1. The van der Waals surface area contributed by atoms with Crippen molar-refractivity contribution in [3.8, 4) is 0 Å². The summed E-state index contributed by atoms with van der Waals surface area (Å²) < 4.78 is 41.7. The molecule has 0 aliphatic heterocycles. The molecule has 0 aromatic heterocycles. The molecule has 0 fully saturated rings. The number of para-hydroxylation sites is 1. The summed E-state index contributed by atoms with van der Waals surface area (Å²) in [6.07, 6.45) is -4.91. The van der Waals surface area contributed by atoms with Gasteiger partial charge in [0.05, 0.1) is 12.0 Å². The average molecular weight is 249 g/mol. The minimum atomic E-state index is -4.91. The summed E-state index contributed by atoms with van der Waals surface area (Å²) in [5.74, 6) is -1.19. The second-order valence-electron chi connectivity index (χ2n) is 2.95. The molecule has 0 saturated heterocycles. The maximum absolute atomic E-state index is 12.5. The zero-order chi connectivity index (χ0) is 13.2. The van der Waals surface area contributed by atoms with Crippen LogP contribution in [0, 0.1) is 10.1 Å². The summed E-state index contributed by atoms with van der Waals surface area (Å²) in [6.45, 7) is 0. The Hall–Kier alpha value is -2.12. The molecule has 0 atom stereocenters. The monoisotopic (exact) mass is 249 g/mol. The number of benzene rings is 1. The van der Waals surface area contributed by atoms with Gasteiger partial charge in [0.25, 0.3) is 5.69 Å². The van der Waals surface area contributed by atoms with Crippen molar-refractivity contribution in [1.29, 1.82) is 0 Å². The normalized spacial score (nSPS) is 11.1. The molecular weight excluding hydrogens is 243 g/mol. The van der Waals surface area contributed by atoms with Gasteiger partial charge in [-0.1, -0.05) is 6.07 Å². The molecule has 1 aromatic rings. The van der Waals surface area contributed by atoms with Crippen LogP contribution in [0.15, 0.2) is 18.2 Å². The Morgan fingerprint density at radius 3 is 2.41 bits per heavy atom. The van der Waals surface area contributed by atoms with Gasteiger partial charge in [0.15, 0.2) is 0 Å². The molecule has 0 radical (unpaired) electrons. The molecule has 8 heteroatoms. The van der Waals surface area contributed by atoms with Crippen LogP contribution >= 0.6 is 0 Å². The van der Waals surface area contributed by atoms with Crippen molar-refractivity contribution in [2.75, 3.05) is 7.11 Å². The van der Waals surface area contributed by atoms with Crippen LogP contribution in [0.25, 0.3) is 0 Å². The Morgan fingerprint density at radius 2 is 2.00 bits per heavy atom. The Bertz CT molecular complexity index is 470. The van der Waals surface area contributed by atoms with Crippen molar-refractivity contribution in [2.24, 2.45) is 0 Å². The van der Waals surface area contributed by atoms with Crippen molar-refractivity contribution in [1.82, 2.24) is 0 Å². The van der Waals surface area contributed by atoms with E-state index in [4.69, 9.17) is 0 Å². The SMILES string of the molecule is COC(=O)c1cccc(C(F)(F)F)c1[N+](=O)[O-]. The molecule has 1 aromatic carbocycles. The topological polar surface area (TPSA) is 69.4 Å². The van der Waals surface area contributed by atoms with Gasteiger partial charge in [0.1, 0.15) is 11.1 Å². The molecule has 0 bridgehead atoms. The van der Waals surface area contributed by atoms with Crippen molar-refractivity contribution >= 4 is 11.7 Å². The number of nitro benzene ring substituents is 1. The molecule has 5 nitrogen and oxygen atoms in total. The lowest BCUT2D eigenvalue weighted by atomic mass is 10.1.